The van der Waals surface area contributed by atoms with Crippen LogP contribution in [0.3, 0.4) is 0 Å². The summed E-state index contributed by atoms with van der Waals surface area (Å²) in [5.74, 6) is -0.775. The lowest BCUT2D eigenvalue weighted by Crippen LogP contribution is -2.61. The van der Waals surface area contributed by atoms with E-state index < -0.39 is 17.7 Å². The standard InChI is InChI=1S/C24H27F4N3O/c1-15(2)13-29-23(32)18-12-16-11-17(24(26,27)28)7-8-20(16)31-10-9-30(14-22(18)31)21-6-4-3-5-19(21)25/h3-8,11,15,18,22H,9-10,12-14H2,1-2H3,(H,29,32)/t18-,22-/m0/s1. The molecule has 0 unspecified atom stereocenters. The Morgan fingerprint density at radius 3 is 2.56 bits per heavy atom. The van der Waals surface area contributed by atoms with E-state index in [-0.39, 0.29) is 30.1 Å². The van der Waals surface area contributed by atoms with Crippen molar-refractivity contribution in [3.05, 3.63) is 59.4 Å². The van der Waals surface area contributed by atoms with E-state index in [1.54, 1.807) is 18.2 Å². The van der Waals surface area contributed by atoms with Crippen molar-refractivity contribution >= 4 is 17.3 Å². The molecule has 172 valence electrons. The number of amides is 1. The fourth-order valence-electron chi connectivity index (χ4n) is 4.66. The number of nitrogens with one attached hydrogen (secondary N) is 1. The van der Waals surface area contributed by atoms with Crippen LogP contribution in [0, 0.1) is 17.7 Å². The summed E-state index contributed by atoms with van der Waals surface area (Å²) in [5, 5.41) is 2.95. The number of hydrogen-bond acceptors (Lipinski definition) is 3. The van der Waals surface area contributed by atoms with Gasteiger partial charge in [0.05, 0.1) is 23.2 Å². The highest BCUT2D eigenvalue weighted by atomic mass is 19.4. The zero-order valence-electron chi connectivity index (χ0n) is 18.1. The first kappa shape index (κ1) is 22.4. The van der Waals surface area contributed by atoms with E-state index in [4.69, 9.17) is 0 Å². The van der Waals surface area contributed by atoms with E-state index in [1.807, 2.05) is 23.6 Å². The summed E-state index contributed by atoms with van der Waals surface area (Å²) in [6.45, 7) is 5.89. The molecule has 32 heavy (non-hydrogen) atoms. The molecule has 0 saturated carbocycles. The van der Waals surface area contributed by atoms with Gasteiger partial charge in [0.25, 0.3) is 0 Å². The van der Waals surface area contributed by atoms with Gasteiger partial charge < -0.3 is 15.1 Å². The van der Waals surface area contributed by atoms with Crippen LogP contribution in [0.5, 0.6) is 0 Å². The van der Waals surface area contributed by atoms with Crippen molar-refractivity contribution in [1.82, 2.24) is 5.32 Å². The third kappa shape index (κ3) is 4.40. The second-order valence-corrected chi connectivity index (χ2v) is 8.95. The van der Waals surface area contributed by atoms with E-state index in [0.29, 0.717) is 37.4 Å². The Hall–Kier alpha value is -2.77. The molecule has 0 aromatic heterocycles. The van der Waals surface area contributed by atoms with Crippen LogP contribution in [0.2, 0.25) is 0 Å². The molecule has 4 rings (SSSR count). The Labute approximate surface area is 185 Å². The number of nitrogens with zero attached hydrogens (tertiary/aromatic N) is 2. The number of carbonyl (C=O) groups is 1. The number of carbonyl (C=O) groups excluding carboxylic acids is 1. The van der Waals surface area contributed by atoms with Crippen LogP contribution < -0.4 is 15.1 Å². The Balaban J connectivity index is 1.68. The molecule has 4 nitrogen and oxygen atoms in total. The van der Waals surface area contributed by atoms with Crippen LogP contribution in [-0.4, -0.2) is 38.1 Å². The van der Waals surface area contributed by atoms with Gasteiger partial charge in [0.1, 0.15) is 5.82 Å². The maximum absolute atomic E-state index is 14.4. The number of halogens is 4. The minimum atomic E-state index is -4.44. The van der Waals surface area contributed by atoms with Gasteiger partial charge in [-0.1, -0.05) is 26.0 Å². The van der Waals surface area contributed by atoms with Crippen molar-refractivity contribution in [2.45, 2.75) is 32.5 Å². The fourth-order valence-corrected chi connectivity index (χ4v) is 4.66. The van der Waals surface area contributed by atoms with Crippen LogP contribution >= 0.6 is 0 Å². The summed E-state index contributed by atoms with van der Waals surface area (Å²) >= 11 is 0. The van der Waals surface area contributed by atoms with Gasteiger partial charge in [-0.25, -0.2) is 4.39 Å². The smallest absolute Gasteiger partial charge is 0.365 e. The average Bonchev–Trinajstić information content (AvgIpc) is 2.75. The van der Waals surface area contributed by atoms with Crippen molar-refractivity contribution < 1.29 is 22.4 Å². The zero-order chi connectivity index (χ0) is 23.0. The maximum atomic E-state index is 14.4. The number of fused-ring (bicyclic) bond motifs is 3. The van der Waals surface area contributed by atoms with Crippen LogP contribution in [0.4, 0.5) is 28.9 Å². The van der Waals surface area contributed by atoms with E-state index in [9.17, 15) is 22.4 Å². The Bertz CT molecular complexity index is 991. The summed E-state index contributed by atoms with van der Waals surface area (Å²) in [7, 11) is 0. The third-order valence-electron chi connectivity index (χ3n) is 6.25. The van der Waals surface area contributed by atoms with Crippen LogP contribution in [-0.2, 0) is 17.4 Å². The molecular formula is C24H27F4N3O. The second-order valence-electron chi connectivity index (χ2n) is 8.95. The number of benzene rings is 2. The number of alkyl halides is 3. The molecule has 1 amide bonds. The van der Waals surface area contributed by atoms with Gasteiger partial charge in [0.15, 0.2) is 0 Å². The van der Waals surface area contributed by atoms with Gasteiger partial charge in [-0.2, -0.15) is 13.2 Å². The highest BCUT2D eigenvalue weighted by molar-refractivity contribution is 5.82. The lowest BCUT2D eigenvalue weighted by molar-refractivity contribution is -0.137. The lowest BCUT2D eigenvalue weighted by atomic mass is 9.82. The minimum Gasteiger partial charge on any atom is -0.365 e. The molecule has 1 fully saturated rings. The Kier molecular flexibility index (Phi) is 6.05. The quantitative estimate of drug-likeness (QED) is 0.699. The fraction of sp³-hybridized carbons (Fsp3) is 0.458. The molecular weight excluding hydrogens is 422 g/mol. The molecule has 2 atom stereocenters. The topological polar surface area (TPSA) is 35.6 Å². The first-order valence-corrected chi connectivity index (χ1v) is 10.9. The van der Waals surface area contributed by atoms with Crippen LogP contribution in [0.25, 0.3) is 0 Å². The van der Waals surface area contributed by atoms with Gasteiger partial charge in [0, 0.05) is 31.9 Å². The molecule has 1 saturated heterocycles. The highest BCUT2D eigenvalue weighted by Crippen LogP contribution is 2.40. The van der Waals surface area contributed by atoms with Crippen LogP contribution in [0.15, 0.2) is 42.5 Å². The average molecular weight is 449 g/mol. The number of anilines is 2. The van der Waals surface area contributed by atoms with E-state index in [1.165, 1.54) is 12.1 Å². The summed E-state index contributed by atoms with van der Waals surface area (Å²) in [6, 6.07) is 10.0. The number of para-hydroxylation sites is 1. The van der Waals surface area contributed by atoms with Gasteiger partial charge in [-0.05, 0) is 48.2 Å². The predicted molar refractivity (Wildman–Crippen MR) is 116 cm³/mol. The Morgan fingerprint density at radius 1 is 1.12 bits per heavy atom. The molecule has 2 aromatic rings. The number of piperazine rings is 1. The van der Waals surface area contributed by atoms with Crippen LogP contribution in [0.1, 0.15) is 25.0 Å². The predicted octanol–water partition coefficient (Wildman–Crippen LogP) is 4.48. The highest BCUT2D eigenvalue weighted by Gasteiger charge is 2.43. The number of rotatable bonds is 4. The SMILES string of the molecule is CC(C)CNC(=O)[C@H]1Cc2cc(C(F)(F)F)ccc2N2CCN(c3ccccc3F)C[C@@H]12. The van der Waals surface area contributed by atoms with Gasteiger partial charge in [-0.3, -0.25) is 4.79 Å². The van der Waals surface area contributed by atoms with E-state index >= 15 is 0 Å². The Morgan fingerprint density at radius 2 is 1.88 bits per heavy atom. The van der Waals surface area contributed by atoms with E-state index in [0.717, 1.165) is 17.8 Å². The molecule has 0 bridgehead atoms. The van der Waals surface area contributed by atoms with Gasteiger partial charge in [-0.15, -0.1) is 0 Å². The summed E-state index contributed by atoms with van der Waals surface area (Å²) < 4.78 is 54.3. The maximum Gasteiger partial charge on any atom is 0.416 e. The van der Waals surface area contributed by atoms with Crippen molar-refractivity contribution in [2.75, 3.05) is 36.0 Å². The van der Waals surface area contributed by atoms with Crippen molar-refractivity contribution in [3.8, 4) is 0 Å². The first-order valence-electron chi connectivity index (χ1n) is 10.9. The van der Waals surface area contributed by atoms with E-state index in [2.05, 4.69) is 5.32 Å². The van der Waals surface area contributed by atoms with Crippen molar-refractivity contribution in [3.63, 3.8) is 0 Å². The monoisotopic (exact) mass is 449 g/mol. The largest absolute Gasteiger partial charge is 0.416 e. The summed E-state index contributed by atoms with van der Waals surface area (Å²) in [6.07, 6.45) is -4.22. The molecule has 2 heterocycles. The van der Waals surface area contributed by atoms with Gasteiger partial charge in [0.2, 0.25) is 5.91 Å². The number of hydrogen-bond donors (Lipinski definition) is 1. The molecule has 2 aliphatic rings. The van der Waals surface area contributed by atoms with Gasteiger partial charge >= 0.3 is 6.18 Å². The summed E-state index contributed by atoms with van der Waals surface area (Å²) in [5.41, 5.74) is 1.02. The molecule has 8 heteroatoms. The lowest BCUT2D eigenvalue weighted by Gasteiger charge is -2.49. The van der Waals surface area contributed by atoms with Crippen molar-refractivity contribution in [2.24, 2.45) is 11.8 Å². The molecule has 0 radical (unpaired) electrons. The molecule has 1 N–H and O–H groups in total. The summed E-state index contributed by atoms with van der Waals surface area (Å²) in [4.78, 5) is 17.1. The molecule has 2 aromatic carbocycles. The molecule has 0 spiro atoms. The molecule has 2 aliphatic heterocycles. The zero-order valence-corrected chi connectivity index (χ0v) is 18.1. The van der Waals surface area contributed by atoms with Crippen molar-refractivity contribution in [1.29, 1.82) is 0 Å². The molecule has 0 aliphatic carbocycles. The second kappa shape index (κ2) is 8.64. The minimum absolute atomic E-state index is 0.174. The normalized spacial score (nSPS) is 20.7. The first-order chi connectivity index (χ1) is 15.1. The third-order valence-corrected chi connectivity index (χ3v) is 6.25.